The highest BCUT2D eigenvalue weighted by Crippen LogP contribution is 2.25. The lowest BCUT2D eigenvalue weighted by Crippen LogP contribution is -2.30. The summed E-state index contributed by atoms with van der Waals surface area (Å²) in [6.07, 6.45) is 0.577. The van der Waals surface area contributed by atoms with Crippen molar-refractivity contribution in [1.29, 1.82) is 0 Å². The Balaban J connectivity index is 2.93. The zero-order chi connectivity index (χ0) is 13.9. The maximum Gasteiger partial charge on any atom is 0.254 e. The maximum atomic E-state index is 13.3. The highest BCUT2D eigenvalue weighted by atomic mass is 35.5. The zero-order valence-corrected chi connectivity index (χ0v) is 10.2. The quantitative estimate of drug-likeness (QED) is 0.658. The average molecular weight is 282 g/mol. The predicted octanol–water partition coefficient (Wildman–Crippen LogP) is 2.56. The first-order chi connectivity index (χ1) is 8.38. The highest BCUT2D eigenvalue weighted by Gasteiger charge is 2.22. The van der Waals surface area contributed by atoms with E-state index >= 15 is 0 Å². The van der Waals surface area contributed by atoms with Crippen LogP contribution in [0.5, 0.6) is 5.75 Å². The van der Waals surface area contributed by atoms with Gasteiger partial charge in [-0.25, -0.2) is 8.78 Å². The molecule has 1 aromatic carbocycles. The molecule has 1 unspecified atom stereocenters. The molecule has 0 radical (unpaired) electrons. The number of carbonyl (C=O) groups is 1. The molecule has 0 aromatic heterocycles. The molecule has 1 atom stereocenters. The van der Waals surface area contributed by atoms with Gasteiger partial charge in [0.2, 0.25) is 5.82 Å². The molecule has 2 N–H and O–H groups in total. The van der Waals surface area contributed by atoms with E-state index in [-0.39, 0.29) is 11.9 Å². The molecule has 0 bridgehead atoms. The van der Waals surface area contributed by atoms with Crippen LogP contribution in [0.1, 0.15) is 23.7 Å². The first-order valence-electron chi connectivity index (χ1n) is 5.17. The Hall–Kier alpha value is -1.43. The first kappa shape index (κ1) is 14.6. The number of hydrogen-bond acceptors (Lipinski definition) is 2. The fourth-order valence-corrected chi connectivity index (χ4v) is 1.28. The van der Waals surface area contributed by atoms with Crippen LogP contribution < -0.4 is 5.32 Å². The number of nitrogens with one attached hydrogen (secondary N) is 1. The van der Waals surface area contributed by atoms with E-state index in [1.54, 1.807) is 6.92 Å². The number of aromatic hydroxyl groups is 1. The van der Waals surface area contributed by atoms with Gasteiger partial charge in [0.05, 0.1) is 10.9 Å². The van der Waals surface area contributed by atoms with Crippen LogP contribution in [-0.4, -0.2) is 22.9 Å². The van der Waals surface area contributed by atoms with Gasteiger partial charge in [-0.05, 0) is 12.5 Å². The van der Waals surface area contributed by atoms with Gasteiger partial charge in [-0.15, -0.1) is 11.6 Å². The number of phenols is 1. The van der Waals surface area contributed by atoms with Gasteiger partial charge < -0.3 is 10.4 Å². The summed E-state index contributed by atoms with van der Waals surface area (Å²) in [6, 6.07) is 0.384. The molecule has 3 nitrogen and oxygen atoms in total. The monoisotopic (exact) mass is 281 g/mol. The molecule has 0 saturated carbocycles. The van der Waals surface area contributed by atoms with Crippen molar-refractivity contribution in [2.45, 2.75) is 18.7 Å². The SMILES string of the molecule is CCC(Cl)CNC(=O)c1cc(F)c(F)c(O)c1F. The van der Waals surface area contributed by atoms with Crippen LogP contribution in [0.25, 0.3) is 0 Å². The smallest absolute Gasteiger partial charge is 0.254 e. The number of halogens is 4. The Labute approximate surface area is 107 Å². The molecule has 18 heavy (non-hydrogen) atoms. The Bertz CT molecular complexity index is 468. The van der Waals surface area contributed by atoms with E-state index in [2.05, 4.69) is 5.32 Å². The van der Waals surface area contributed by atoms with Crippen molar-refractivity contribution in [3.05, 3.63) is 29.1 Å². The summed E-state index contributed by atoms with van der Waals surface area (Å²) in [5.74, 6) is -7.22. The Kier molecular flexibility index (Phi) is 4.84. The van der Waals surface area contributed by atoms with Crippen LogP contribution in [0.3, 0.4) is 0 Å². The molecular formula is C11H11ClF3NO2. The van der Waals surface area contributed by atoms with Crippen molar-refractivity contribution in [3.63, 3.8) is 0 Å². The second kappa shape index (κ2) is 5.95. The minimum atomic E-state index is -1.73. The minimum Gasteiger partial charge on any atom is -0.503 e. The molecule has 0 aliphatic heterocycles. The second-order valence-electron chi connectivity index (χ2n) is 3.60. The van der Waals surface area contributed by atoms with E-state index in [0.717, 1.165) is 0 Å². The Morgan fingerprint density at radius 1 is 1.44 bits per heavy atom. The largest absolute Gasteiger partial charge is 0.503 e. The summed E-state index contributed by atoms with van der Waals surface area (Å²) in [6.45, 7) is 1.84. The van der Waals surface area contributed by atoms with E-state index in [1.165, 1.54) is 0 Å². The summed E-state index contributed by atoms with van der Waals surface area (Å²) < 4.78 is 39.1. The molecular weight excluding hydrogens is 271 g/mol. The number of amides is 1. The van der Waals surface area contributed by atoms with E-state index < -0.39 is 34.7 Å². The van der Waals surface area contributed by atoms with Gasteiger partial charge in [0.1, 0.15) is 0 Å². The Morgan fingerprint density at radius 2 is 2.06 bits per heavy atom. The number of phenolic OH excluding ortho intramolecular Hbond substituents is 1. The lowest BCUT2D eigenvalue weighted by molar-refractivity contribution is 0.0947. The molecule has 1 aromatic rings. The minimum absolute atomic E-state index is 0.0517. The van der Waals surface area contributed by atoms with Crippen molar-refractivity contribution >= 4 is 17.5 Å². The predicted molar refractivity (Wildman–Crippen MR) is 60.2 cm³/mol. The number of alkyl halides is 1. The standard InChI is InChI=1S/C11H11ClF3NO2/c1-2-5(12)4-16-11(18)6-3-7(13)9(15)10(17)8(6)14/h3,5,17H,2,4H2,1H3,(H,16,18). The molecule has 0 fully saturated rings. The molecule has 0 saturated heterocycles. The highest BCUT2D eigenvalue weighted by molar-refractivity contribution is 6.20. The third-order valence-corrected chi connectivity index (χ3v) is 2.77. The molecule has 1 rings (SSSR count). The lowest BCUT2D eigenvalue weighted by atomic mass is 10.1. The van der Waals surface area contributed by atoms with Crippen LogP contribution in [0.4, 0.5) is 13.2 Å². The molecule has 0 heterocycles. The van der Waals surface area contributed by atoms with Gasteiger partial charge in [0.25, 0.3) is 5.91 Å². The number of rotatable bonds is 4. The molecule has 0 spiro atoms. The fourth-order valence-electron chi connectivity index (χ4n) is 1.20. The van der Waals surface area contributed by atoms with Gasteiger partial charge in [0.15, 0.2) is 17.4 Å². The maximum absolute atomic E-state index is 13.3. The molecule has 7 heteroatoms. The van der Waals surface area contributed by atoms with Gasteiger partial charge in [-0.1, -0.05) is 6.92 Å². The average Bonchev–Trinajstić information content (AvgIpc) is 2.37. The van der Waals surface area contributed by atoms with Crippen molar-refractivity contribution < 1.29 is 23.1 Å². The fraction of sp³-hybridized carbons (Fsp3) is 0.364. The van der Waals surface area contributed by atoms with E-state index in [0.29, 0.717) is 12.5 Å². The van der Waals surface area contributed by atoms with Crippen molar-refractivity contribution in [2.24, 2.45) is 0 Å². The summed E-state index contributed by atoms with van der Waals surface area (Å²) in [5.41, 5.74) is -0.772. The Morgan fingerprint density at radius 3 is 2.61 bits per heavy atom. The number of hydrogen-bond donors (Lipinski definition) is 2. The van der Waals surface area contributed by atoms with Gasteiger partial charge in [-0.2, -0.15) is 4.39 Å². The topological polar surface area (TPSA) is 49.3 Å². The number of benzene rings is 1. The van der Waals surface area contributed by atoms with E-state index in [4.69, 9.17) is 16.7 Å². The van der Waals surface area contributed by atoms with Crippen LogP contribution in [0.2, 0.25) is 0 Å². The first-order valence-corrected chi connectivity index (χ1v) is 5.60. The molecule has 1 amide bonds. The molecule has 0 aliphatic carbocycles. The summed E-state index contributed by atoms with van der Waals surface area (Å²) >= 11 is 5.73. The van der Waals surface area contributed by atoms with E-state index in [1.807, 2.05) is 0 Å². The van der Waals surface area contributed by atoms with E-state index in [9.17, 15) is 18.0 Å². The second-order valence-corrected chi connectivity index (χ2v) is 4.22. The summed E-state index contributed by atoms with van der Waals surface area (Å²) in [7, 11) is 0. The van der Waals surface area contributed by atoms with Crippen LogP contribution in [-0.2, 0) is 0 Å². The molecule has 100 valence electrons. The zero-order valence-electron chi connectivity index (χ0n) is 9.44. The number of carbonyl (C=O) groups excluding carboxylic acids is 1. The van der Waals surface area contributed by atoms with Gasteiger partial charge >= 0.3 is 0 Å². The normalized spacial score (nSPS) is 12.3. The van der Waals surface area contributed by atoms with Crippen molar-refractivity contribution in [2.75, 3.05) is 6.54 Å². The van der Waals surface area contributed by atoms with Crippen LogP contribution in [0, 0.1) is 17.5 Å². The van der Waals surface area contributed by atoms with Crippen molar-refractivity contribution in [1.82, 2.24) is 5.32 Å². The summed E-state index contributed by atoms with van der Waals surface area (Å²) in [5, 5.41) is 10.8. The summed E-state index contributed by atoms with van der Waals surface area (Å²) in [4.78, 5) is 11.5. The van der Waals surface area contributed by atoms with Crippen molar-refractivity contribution in [3.8, 4) is 5.75 Å². The van der Waals surface area contributed by atoms with Crippen LogP contribution in [0.15, 0.2) is 6.07 Å². The van der Waals surface area contributed by atoms with Gasteiger partial charge in [0, 0.05) is 6.54 Å². The lowest BCUT2D eigenvalue weighted by Gasteiger charge is -2.10. The van der Waals surface area contributed by atoms with Gasteiger partial charge in [-0.3, -0.25) is 4.79 Å². The van der Waals surface area contributed by atoms with Crippen LogP contribution >= 0.6 is 11.6 Å². The third kappa shape index (κ3) is 3.07. The molecule has 0 aliphatic rings. The third-order valence-electron chi connectivity index (χ3n) is 2.30.